The Morgan fingerprint density at radius 3 is 2.16 bits per heavy atom. The zero-order chi connectivity index (χ0) is 17.3. The van der Waals surface area contributed by atoms with Crippen molar-refractivity contribution in [3.05, 3.63) is 78.0 Å². The maximum absolute atomic E-state index is 14.7. The van der Waals surface area contributed by atoms with E-state index < -0.39 is 28.9 Å². The smallest absolute Gasteiger partial charge is 0.305 e. The summed E-state index contributed by atoms with van der Waals surface area (Å²) in [5.74, 6) is -1.83. The number of benzene rings is 2. The average Bonchev–Trinajstić information content (AvgIpc) is 2.55. The van der Waals surface area contributed by atoms with Crippen LogP contribution in [0, 0.1) is 17.7 Å². The van der Waals surface area contributed by atoms with Crippen LogP contribution >= 0.6 is 0 Å². The fourth-order valence-electron chi connectivity index (χ4n) is 2.29. The van der Waals surface area contributed by atoms with E-state index in [9.17, 15) is 22.0 Å². The van der Waals surface area contributed by atoms with Crippen molar-refractivity contribution in [3.63, 3.8) is 0 Å². The Kier molecular flexibility index (Phi) is 5.70. The summed E-state index contributed by atoms with van der Waals surface area (Å²) in [6.07, 6.45) is -3.07. The van der Waals surface area contributed by atoms with Crippen LogP contribution < -0.4 is 0 Å². The van der Waals surface area contributed by atoms with Gasteiger partial charge in [0.25, 0.3) is 0 Å². The molecule has 7 heteroatoms. The Morgan fingerprint density at radius 2 is 1.60 bits per heavy atom. The molecule has 0 aliphatic heterocycles. The SMILES string of the molecule is Fc1c[c-]c(-c2ccccn2)c(F)c1-c1ccc(C(F)(F)F)cc1.[Ir]. The van der Waals surface area contributed by atoms with Gasteiger partial charge in [0.15, 0.2) is 0 Å². The van der Waals surface area contributed by atoms with Gasteiger partial charge < -0.3 is 4.98 Å². The molecule has 1 radical (unpaired) electrons. The standard InChI is InChI=1S/C18H9F5N.Ir/c19-14-9-8-13(15-3-1-2-10-24-15)17(20)16(14)11-4-6-12(7-5-11)18(21,22)23;/h1-7,9-10H;/q-1;. The molecule has 0 fully saturated rings. The van der Waals surface area contributed by atoms with Gasteiger partial charge in [-0.3, -0.25) is 8.78 Å². The van der Waals surface area contributed by atoms with Gasteiger partial charge in [-0.05, 0) is 35.0 Å². The van der Waals surface area contributed by atoms with Crippen LogP contribution in [-0.2, 0) is 26.3 Å². The van der Waals surface area contributed by atoms with Crippen molar-refractivity contribution in [1.82, 2.24) is 4.98 Å². The third kappa shape index (κ3) is 3.94. The molecule has 0 spiro atoms. The summed E-state index contributed by atoms with van der Waals surface area (Å²) >= 11 is 0. The monoisotopic (exact) mass is 527 g/mol. The first-order chi connectivity index (χ1) is 11.4. The minimum Gasteiger partial charge on any atom is -0.305 e. The number of rotatable bonds is 2. The van der Waals surface area contributed by atoms with Gasteiger partial charge in [0, 0.05) is 37.9 Å². The van der Waals surface area contributed by atoms with Crippen LogP contribution in [0.4, 0.5) is 22.0 Å². The minimum absolute atomic E-state index is 0. The molecule has 2 aromatic carbocycles. The summed E-state index contributed by atoms with van der Waals surface area (Å²) in [5, 5.41) is 0. The summed E-state index contributed by atoms with van der Waals surface area (Å²) < 4.78 is 66.6. The average molecular weight is 526 g/mol. The molecule has 3 aromatic rings. The molecule has 0 saturated carbocycles. The van der Waals surface area contributed by atoms with Crippen molar-refractivity contribution >= 4 is 0 Å². The summed E-state index contributed by atoms with van der Waals surface area (Å²) in [5.41, 5.74) is -1.10. The quantitative estimate of drug-likeness (QED) is 0.317. The maximum atomic E-state index is 14.7. The van der Waals surface area contributed by atoms with Gasteiger partial charge in [0.1, 0.15) is 0 Å². The molecule has 25 heavy (non-hydrogen) atoms. The van der Waals surface area contributed by atoms with Gasteiger partial charge in [-0.2, -0.15) is 13.2 Å². The molecule has 0 N–H and O–H groups in total. The Balaban J connectivity index is 0.00000225. The number of hydrogen-bond acceptors (Lipinski definition) is 1. The number of alkyl halides is 3. The predicted octanol–water partition coefficient (Wildman–Crippen LogP) is 5.51. The van der Waals surface area contributed by atoms with E-state index in [-0.39, 0.29) is 36.9 Å². The molecule has 0 unspecified atom stereocenters. The van der Waals surface area contributed by atoms with Crippen molar-refractivity contribution in [2.75, 3.05) is 0 Å². The van der Waals surface area contributed by atoms with Gasteiger partial charge in [-0.15, -0.1) is 12.1 Å². The first kappa shape index (κ1) is 19.2. The largest absolute Gasteiger partial charge is 0.416 e. The van der Waals surface area contributed by atoms with Crippen molar-refractivity contribution in [2.45, 2.75) is 6.18 Å². The van der Waals surface area contributed by atoms with Crippen LogP contribution in [0.5, 0.6) is 0 Å². The number of aromatic nitrogens is 1. The Hall–Kier alpha value is -2.11. The first-order valence-corrected chi connectivity index (χ1v) is 6.86. The van der Waals surface area contributed by atoms with E-state index in [1.54, 1.807) is 12.1 Å². The van der Waals surface area contributed by atoms with E-state index >= 15 is 0 Å². The zero-order valence-corrected chi connectivity index (χ0v) is 14.8. The number of nitrogens with zero attached hydrogens (tertiary/aromatic N) is 1. The van der Waals surface area contributed by atoms with Gasteiger partial charge in [-0.25, -0.2) is 0 Å². The van der Waals surface area contributed by atoms with Crippen LogP contribution in [-0.4, -0.2) is 4.98 Å². The fourth-order valence-corrected chi connectivity index (χ4v) is 2.29. The fraction of sp³-hybridized carbons (Fsp3) is 0.0556. The Bertz CT molecular complexity index is 861. The molecule has 1 heterocycles. The second kappa shape index (κ2) is 7.42. The van der Waals surface area contributed by atoms with Crippen LogP contribution in [0.3, 0.4) is 0 Å². The van der Waals surface area contributed by atoms with E-state index in [2.05, 4.69) is 11.1 Å². The summed E-state index contributed by atoms with van der Waals surface area (Å²) in [6.45, 7) is 0. The molecule has 0 aliphatic rings. The number of hydrogen-bond donors (Lipinski definition) is 0. The summed E-state index contributed by atoms with van der Waals surface area (Å²) in [6, 6.07) is 11.9. The first-order valence-electron chi connectivity index (χ1n) is 6.86. The molecule has 0 bridgehead atoms. The zero-order valence-electron chi connectivity index (χ0n) is 12.4. The van der Waals surface area contributed by atoms with Gasteiger partial charge in [-0.1, -0.05) is 29.8 Å². The maximum Gasteiger partial charge on any atom is 0.416 e. The molecule has 1 nitrogen and oxygen atoms in total. The molecule has 0 atom stereocenters. The third-order valence-electron chi connectivity index (χ3n) is 3.44. The van der Waals surface area contributed by atoms with Crippen LogP contribution in [0.2, 0.25) is 0 Å². The van der Waals surface area contributed by atoms with Crippen molar-refractivity contribution in [3.8, 4) is 22.4 Å². The number of pyridine rings is 1. The van der Waals surface area contributed by atoms with E-state index in [0.717, 1.165) is 30.3 Å². The van der Waals surface area contributed by atoms with Crippen LogP contribution in [0.25, 0.3) is 22.4 Å². The number of halogens is 5. The Morgan fingerprint density at radius 1 is 0.920 bits per heavy atom. The summed E-state index contributed by atoms with van der Waals surface area (Å²) in [7, 11) is 0. The molecule has 3 rings (SSSR count). The van der Waals surface area contributed by atoms with E-state index in [1.165, 1.54) is 12.3 Å². The molecule has 0 saturated heterocycles. The second-order valence-corrected chi connectivity index (χ2v) is 4.99. The predicted molar refractivity (Wildman–Crippen MR) is 78.9 cm³/mol. The van der Waals surface area contributed by atoms with E-state index in [1.807, 2.05) is 0 Å². The van der Waals surface area contributed by atoms with Crippen molar-refractivity contribution < 1.29 is 42.1 Å². The molecule has 0 amide bonds. The molecule has 1 aromatic heterocycles. The summed E-state index contributed by atoms with van der Waals surface area (Å²) in [4.78, 5) is 3.98. The van der Waals surface area contributed by atoms with E-state index in [4.69, 9.17) is 0 Å². The van der Waals surface area contributed by atoms with Crippen molar-refractivity contribution in [2.24, 2.45) is 0 Å². The Labute approximate surface area is 153 Å². The van der Waals surface area contributed by atoms with E-state index in [0.29, 0.717) is 0 Å². The normalized spacial score (nSPS) is 11.1. The topological polar surface area (TPSA) is 12.9 Å². The van der Waals surface area contributed by atoms with Crippen LogP contribution in [0.1, 0.15) is 5.56 Å². The van der Waals surface area contributed by atoms with Crippen molar-refractivity contribution in [1.29, 1.82) is 0 Å². The van der Waals surface area contributed by atoms with Gasteiger partial charge >= 0.3 is 6.18 Å². The molecule has 0 aliphatic carbocycles. The molecular weight excluding hydrogens is 517 g/mol. The van der Waals surface area contributed by atoms with Gasteiger partial charge in [0.05, 0.1) is 5.56 Å². The molecule has 131 valence electrons. The molecular formula is C18H9F5IrN-. The van der Waals surface area contributed by atoms with Gasteiger partial charge in [0.2, 0.25) is 0 Å². The minimum atomic E-state index is -4.51. The third-order valence-corrected chi connectivity index (χ3v) is 3.44. The van der Waals surface area contributed by atoms with Crippen LogP contribution in [0.15, 0.2) is 54.7 Å². The second-order valence-electron chi connectivity index (χ2n) is 4.99.